The van der Waals surface area contributed by atoms with Crippen molar-refractivity contribution in [1.29, 1.82) is 0 Å². The van der Waals surface area contributed by atoms with Gasteiger partial charge in [-0.25, -0.2) is 4.98 Å². The summed E-state index contributed by atoms with van der Waals surface area (Å²) in [5.41, 5.74) is 3.38. The van der Waals surface area contributed by atoms with Gasteiger partial charge in [0.2, 0.25) is 5.88 Å². The summed E-state index contributed by atoms with van der Waals surface area (Å²) in [6.07, 6.45) is 1.56. The van der Waals surface area contributed by atoms with E-state index < -0.39 is 0 Å². The van der Waals surface area contributed by atoms with Crippen LogP contribution in [0.15, 0.2) is 66.9 Å². The Morgan fingerprint density at radius 2 is 1.89 bits per heavy atom. The molecule has 0 saturated heterocycles. The molecule has 0 bridgehead atoms. The number of pyridine rings is 1. The van der Waals surface area contributed by atoms with Crippen molar-refractivity contribution in [2.75, 3.05) is 33.9 Å². The van der Waals surface area contributed by atoms with E-state index in [9.17, 15) is 9.90 Å². The summed E-state index contributed by atoms with van der Waals surface area (Å²) in [5, 5.41) is 9.90. The molecule has 1 aliphatic heterocycles. The third-order valence-corrected chi connectivity index (χ3v) is 6.73. The average molecular weight is 490 g/mol. The molecule has 36 heavy (non-hydrogen) atoms. The Kier molecular flexibility index (Phi) is 8.23. The molecule has 7 nitrogen and oxygen atoms in total. The largest absolute Gasteiger partial charge is 0.497 e. The van der Waals surface area contributed by atoms with Crippen molar-refractivity contribution >= 4 is 5.91 Å². The molecule has 3 aromatic rings. The van der Waals surface area contributed by atoms with Crippen LogP contribution in [-0.2, 0) is 6.54 Å². The molecule has 0 aliphatic carbocycles. The number of fused-ring (bicyclic) bond motifs is 1. The van der Waals surface area contributed by atoms with Crippen LogP contribution < -0.4 is 9.47 Å². The minimum atomic E-state index is -0.321. The Bertz CT molecular complexity index is 1150. The Morgan fingerprint density at radius 1 is 1.17 bits per heavy atom. The quantitative estimate of drug-likeness (QED) is 0.513. The minimum absolute atomic E-state index is 0.0392. The first-order valence-corrected chi connectivity index (χ1v) is 12.3. The summed E-state index contributed by atoms with van der Waals surface area (Å²) >= 11 is 0. The predicted molar refractivity (Wildman–Crippen MR) is 140 cm³/mol. The van der Waals surface area contributed by atoms with Crippen molar-refractivity contribution in [2.45, 2.75) is 32.5 Å². The van der Waals surface area contributed by atoms with Gasteiger partial charge in [0.15, 0.2) is 0 Å². The fourth-order valence-electron chi connectivity index (χ4n) is 4.53. The number of ether oxygens (including phenoxy) is 2. The van der Waals surface area contributed by atoms with Gasteiger partial charge in [-0.1, -0.05) is 49.4 Å². The third-order valence-electron chi connectivity index (χ3n) is 6.73. The van der Waals surface area contributed by atoms with E-state index in [1.54, 1.807) is 18.2 Å². The Labute approximate surface area is 213 Å². The fraction of sp³-hybridized carbons (Fsp3) is 0.379. The van der Waals surface area contributed by atoms with Crippen LogP contribution in [-0.4, -0.2) is 71.8 Å². The van der Waals surface area contributed by atoms with Gasteiger partial charge in [-0.2, -0.15) is 0 Å². The van der Waals surface area contributed by atoms with Crippen LogP contribution in [0, 0.1) is 5.92 Å². The molecule has 2 heterocycles. The summed E-state index contributed by atoms with van der Waals surface area (Å²) in [5.74, 6) is 0.948. The lowest BCUT2D eigenvalue weighted by molar-refractivity contribution is 0.0325. The molecule has 0 unspecified atom stereocenters. The zero-order valence-corrected chi connectivity index (χ0v) is 21.4. The zero-order valence-electron chi connectivity index (χ0n) is 21.4. The number of hydrogen-bond donors (Lipinski definition) is 1. The number of hydrogen-bond acceptors (Lipinski definition) is 6. The van der Waals surface area contributed by atoms with E-state index in [0.29, 0.717) is 24.5 Å². The van der Waals surface area contributed by atoms with Crippen LogP contribution in [0.2, 0.25) is 0 Å². The molecule has 1 N–H and O–H groups in total. The molecule has 190 valence electrons. The SMILES string of the molecule is COc1ccc(-c2cnc3c(c2)C(=O)N([C@@H](C)CO)C[C@H](C)[C@H](CN(C)Cc2ccccc2)O3)cc1. The summed E-state index contributed by atoms with van der Waals surface area (Å²) in [7, 11) is 3.70. The number of aromatic nitrogens is 1. The van der Waals surface area contributed by atoms with Crippen molar-refractivity contribution < 1.29 is 19.4 Å². The minimum Gasteiger partial charge on any atom is -0.497 e. The maximum Gasteiger partial charge on any atom is 0.259 e. The van der Waals surface area contributed by atoms with Gasteiger partial charge in [0.1, 0.15) is 17.4 Å². The van der Waals surface area contributed by atoms with E-state index in [1.165, 1.54) is 5.56 Å². The van der Waals surface area contributed by atoms with Gasteiger partial charge in [-0.05, 0) is 43.3 Å². The summed E-state index contributed by atoms with van der Waals surface area (Å²) < 4.78 is 11.7. The molecule has 0 fully saturated rings. The standard InChI is InChI=1S/C29H35N3O4/c1-20-16-32(21(2)19-33)29(34)26-14-24(23-10-12-25(35-4)13-11-23)15-30-28(26)36-27(20)18-31(3)17-22-8-6-5-7-9-22/h5-15,20-21,27,33H,16-19H2,1-4H3/t20-,21-,27-/m0/s1. The first kappa shape index (κ1) is 25.7. The second kappa shape index (κ2) is 11.5. The first-order valence-electron chi connectivity index (χ1n) is 12.3. The molecule has 7 heteroatoms. The maximum absolute atomic E-state index is 13.7. The van der Waals surface area contributed by atoms with Gasteiger partial charge in [0.25, 0.3) is 5.91 Å². The van der Waals surface area contributed by atoms with Crippen LogP contribution >= 0.6 is 0 Å². The summed E-state index contributed by atoms with van der Waals surface area (Å²) in [6, 6.07) is 19.5. The normalized spacial score (nSPS) is 18.7. The van der Waals surface area contributed by atoms with Crippen LogP contribution in [0.3, 0.4) is 0 Å². The van der Waals surface area contributed by atoms with Gasteiger partial charge in [0, 0.05) is 37.3 Å². The molecule has 0 saturated carbocycles. The van der Waals surface area contributed by atoms with E-state index in [4.69, 9.17) is 9.47 Å². The molecule has 0 spiro atoms. The predicted octanol–water partition coefficient (Wildman–Crippen LogP) is 4.11. The van der Waals surface area contributed by atoms with E-state index >= 15 is 0 Å². The summed E-state index contributed by atoms with van der Waals surface area (Å²) in [6.45, 7) is 5.79. The highest BCUT2D eigenvalue weighted by molar-refractivity contribution is 5.98. The van der Waals surface area contributed by atoms with E-state index in [-0.39, 0.29) is 30.6 Å². The molecule has 2 aromatic carbocycles. The number of likely N-dealkylation sites (N-methyl/N-ethyl adjacent to an activating group) is 1. The number of amides is 1. The lowest BCUT2D eigenvalue weighted by Crippen LogP contribution is -2.49. The number of aliphatic hydroxyl groups is 1. The topological polar surface area (TPSA) is 75.1 Å². The second-order valence-corrected chi connectivity index (χ2v) is 9.61. The van der Waals surface area contributed by atoms with Crippen LogP contribution in [0.5, 0.6) is 11.6 Å². The first-order chi connectivity index (χ1) is 17.4. The molecular weight excluding hydrogens is 454 g/mol. The second-order valence-electron chi connectivity index (χ2n) is 9.61. The molecule has 0 radical (unpaired) electrons. The summed E-state index contributed by atoms with van der Waals surface area (Å²) in [4.78, 5) is 22.2. The molecule has 1 amide bonds. The molecule has 3 atom stereocenters. The molecule has 4 rings (SSSR count). The van der Waals surface area contributed by atoms with E-state index in [2.05, 4.69) is 36.0 Å². The highest BCUT2D eigenvalue weighted by Crippen LogP contribution is 2.31. The average Bonchev–Trinajstić information content (AvgIpc) is 2.90. The Morgan fingerprint density at radius 3 is 2.56 bits per heavy atom. The lowest BCUT2D eigenvalue weighted by atomic mass is 9.99. The van der Waals surface area contributed by atoms with Crippen molar-refractivity contribution in [3.05, 3.63) is 78.0 Å². The van der Waals surface area contributed by atoms with Crippen LogP contribution in [0.25, 0.3) is 11.1 Å². The van der Waals surface area contributed by atoms with Gasteiger partial charge in [-0.3, -0.25) is 9.69 Å². The highest BCUT2D eigenvalue weighted by atomic mass is 16.5. The molecule has 1 aliphatic rings. The van der Waals surface area contributed by atoms with Crippen LogP contribution in [0.1, 0.15) is 29.8 Å². The third kappa shape index (κ3) is 5.86. The zero-order chi connectivity index (χ0) is 25.7. The number of benzene rings is 2. The van der Waals surface area contributed by atoms with Crippen molar-refractivity contribution in [3.8, 4) is 22.8 Å². The fourth-order valence-corrected chi connectivity index (χ4v) is 4.53. The van der Waals surface area contributed by atoms with Gasteiger partial charge >= 0.3 is 0 Å². The van der Waals surface area contributed by atoms with E-state index in [0.717, 1.165) is 23.4 Å². The van der Waals surface area contributed by atoms with Gasteiger partial charge in [0.05, 0.1) is 19.8 Å². The molecular formula is C29H35N3O4. The number of carbonyl (C=O) groups is 1. The molecule has 1 aromatic heterocycles. The van der Waals surface area contributed by atoms with Crippen molar-refractivity contribution in [3.63, 3.8) is 0 Å². The number of carbonyl (C=O) groups excluding carboxylic acids is 1. The number of aliphatic hydroxyl groups excluding tert-OH is 1. The Balaban J connectivity index is 1.65. The highest BCUT2D eigenvalue weighted by Gasteiger charge is 2.34. The monoisotopic (exact) mass is 489 g/mol. The van der Waals surface area contributed by atoms with Gasteiger partial charge < -0.3 is 19.5 Å². The number of methoxy groups -OCH3 is 1. The lowest BCUT2D eigenvalue weighted by Gasteiger charge is -2.37. The van der Waals surface area contributed by atoms with Crippen molar-refractivity contribution in [2.24, 2.45) is 5.92 Å². The smallest absolute Gasteiger partial charge is 0.259 e. The van der Waals surface area contributed by atoms with Gasteiger partial charge in [-0.15, -0.1) is 0 Å². The maximum atomic E-state index is 13.7. The number of nitrogens with zero attached hydrogens (tertiary/aromatic N) is 3. The number of rotatable bonds is 8. The Hall–Kier alpha value is -3.42. The van der Waals surface area contributed by atoms with E-state index in [1.807, 2.05) is 55.5 Å². The van der Waals surface area contributed by atoms with Crippen molar-refractivity contribution in [1.82, 2.24) is 14.8 Å². The van der Waals surface area contributed by atoms with Crippen LogP contribution in [0.4, 0.5) is 0 Å².